The topological polar surface area (TPSA) is 0 Å². The maximum atomic E-state index is 2.33. The van der Waals surface area contributed by atoms with E-state index in [1.807, 2.05) is 47.0 Å². The summed E-state index contributed by atoms with van der Waals surface area (Å²) in [5.41, 5.74) is 12.0. The number of aryl methyl sites for hydroxylation is 1. The van der Waals surface area contributed by atoms with E-state index < -0.39 is 0 Å². The van der Waals surface area contributed by atoms with E-state index in [1.54, 1.807) is 0 Å². The quantitative estimate of drug-likeness (QED) is 0.0697. The van der Waals surface area contributed by atoms with Gasteiger partial charge >= 0.3 is 0 Å². The predicted molar refractivity (Wildman–Crippen MR) is 584 cm³/mol. The molecule has 133 heavy (non-hydrogen) atoms. The largest absolute Gasteiger partial charge is 0.166 e. The van der Waals surface area contributed by atoms with E-state index >= 15 is 0 Å². The summed E-state index contributed by atoms with van der Waals surface area (Å²) in [6.07, 6.45) is 0. The van der Waals surface area contributed by atoms with Crippen LogP contribution in [0.5, 0.6) is 0 Å². The molecule has 8 heteroatoms. The van der Waals surface area contributed by atoms with Gasteiger partial charge in [-0.15, -0.1) is 0 Å². The van der Waals surface area contributed by atoms with E-state index in [4.69, 9.17) is 0 Å². The van der Waals surface area contributed by atoms with Gasteiger partial charge in [-0.2, -0.15) is 0 Å². The summed E-state index contributed by atoms with van der Waals surface area (Å²) in [6, 6.07) is 153. The molecule has 0 saturated carbocycles. The number of hydrogen-bond acceptors (Lipinski definition) is 4. The van der Waals surface area contributed by atoms with Gasteiger partial charge in [0.25, 0.3) is 0 Å². The minimum atomic E-state index is -0.162. The number of rotatable bonds is 20. The van der Waals surface area contributed by atoms with Gasteiger partial charge in [0.05, 0.1) is 43.6 Å². The molecule has 0 nitrogen and oxygen atoms in total. The third-order valence-corrected chi connectivity index (χ3v) is 36.1. The molecular formula is C125H134S8+4. The lowest BCUT2D eigenvalue weighted by Crippen LogP contribution is -2.13. The molecule has 0 heterocycles. The van der Waals surface area contributed by atoms with Crippen LogP contribution in [-0.4, -0.2) is 0 Å². The molecule has 0 bridgehead atoms. The second kappa shape index (κ2) is 44.9. The van der Waals surface area contributed by atoms with Crippen molar-refractivity contribution in [2.45, 2.75) is 288 Å². The summed E-state index contributed by atoms with van der Waals surface area (Å²) in [7, 11) is -0.541. The second-order valence-electron chi connectivity index (χ2n) is 41.0. The number of hydrogen-bond donors (Lipinski definition) is 0. The molecule has 0 fully saturated rings. The van der Waals surface area contributed by atoms with Crippen molar-refractivity contribution >= 4 is 90.6 Å². The van der Waals surface area contributed by atoms with Crippen molar-refractivity contribution in [2.75, 3.05) is 0 Å². The van der Waals surface area contributed by atoms with E-state index in [0.717, 1.165) is 0 Å². The lowest BCUT2D eigenvalue weighted by Gasteiger charge is -2.20. The van der Waals surface area contributed by atoms with Crippen molar-refractivity contribution in [2.24, 2.45) is 0 Å². The van der Waals surface area contributed by atoms with Crippen molar-refractivity contribution in [1.82, 2.24) is 0 Å². The lowest BCUT2D eigenvalue weighted by atomic mass is 9.87. The molecule has 0 aliphatic rings. The maximum absolute atomic E-state index is 2.33. The van der Waals surface area contributed by atoms with E-state index in [2.05, 4.69) is 565 Å². The third kappa shape index (κ3) is 28.7. The minimum absolute atomic E-state index is 0.114. The fourth-order valence-corrected chi connectivity index (χ4v) is 26.5. The molecular weight excluding hydrogens is 1760 g/mol. The highest BCUT2D eigenvalue weighted by Crippen LogP contribution is 2.43. The Kier molecular flexibility index (Phi) is 34.0. The van der Waals surface area contributed by atoms with Gasteiger partial charge in [0, 0.05) is 39.2 Å². The van der Waals surface area contributed by atoms with Crippen LogP contribution in [0.1, 0.15) is 190 Å². The van der Waals surface area contributed by atoms with Gasteiger partial charge in [-0.1, -0.05) is 368 Å². The van der Waals surface area contributed by atoms with E-state index in [0.29, 0.717) is 0 Å². The Hall–Kier alpha value is -9.68. The molecule has 0 aromatic heterocycles. The molecule has 0 amide bonds. The van der Waals surface area contributed by atoms with Crippen molar-refractivity contribution in [3.63, 3.8) is 0 Å². The van der Waals surface area contributed by atoms with Gasteiger partial charge in [0.1, 0.15) is 0 Å². The van der Waals surface area contributed by atoms with Gasteiger partial charge in [-0.05, 0) is 326 Å². The molecule has 16 aromatic rings. The molecule has 16 aromatic carbocycles. The highest BCUT2D eigenvalue weighted by Gasteiger charge is 2.35. The zero-order valence-electron chi connectivity index (χ0n) is 82.0. The second-order valence-corrected chi connectivity index (χ2v) is 53.7. The molecule has 0 aliphatic carbocycles. The fraction of sp³-hybridized carbons (Fsp3) is 0.232. The first kappa shape index (κ1) is 101. The van der Waals surface area contributed by atoms with E-state index in [9.17, 15) is 0 Å². The van der Waals surface area contributed by atoms with Crippen LogP contribution in [0, 0.1) is 6.92 Å². The highest BCUT2D eigenvalue weighted by molar-refractivity contribution is 8.00. The molecule has 0 spiro atoms. The smallest absolute Gasteiger partial charge is 0.0901 e. The molecule has 678 valence electrons. The summed E-state index contributed by atoms with van der Waals surface area (Å²) in [4.78, 5) is 26.4. The van der Waals surface area contributed by atoms with Crippen LogP contribution in [-0.2, 0) is 81.5 Å². The van der Waals surface area contributed by atoms with Crippen LogP contribution in [0.15, 0.2) is 510 Å². The van der Waals surface area contributed by atoms with Gasteiger partial charge < -0.3 is 0 Å². The average Bonchev–Trinajstić information content (AvgIpc) is 0.806. The van der Waals surface area contributed by atoms with Gasteiger partial charge in [-0.25, -0.2) is 0 Å². The summed E-state index contributed by atoms with van der Waals surface area (Å²) in [5.74, 6) is 0. The molecule has 0 radical (unpaired) electrons. The van der Waals surface area contributed by atoms with Crippen LogP contribution < -0.4 is 0 Å². The lowest BCUT2D eigenvalue weighted by molar-refractivity contribution is 0.589. The van der Waals surface area contributed by atoms with Crippen LogP contribution >= 0.6 is 47.0 Å². The molecule has 2 atom stereocenters. The van der Waals surface area contributed by atoms with Crippen LogP contribution in [0.2, 0.25) is 0 Å². The third-order valence-electron chi connectivity index (χ3n) is 23.1. The van der Waals surface area contributed by atoms with Crippen molar-refractivity contribution in [3.05, 3.63) is 457 Å². The van der Waals surface area contributed by atoms with Crippen molar-refractivity contribution < 1.29 is 0 Å². The molecule has 2 unspecified atom stereocenters. The zero-order valence-corrected chi connectivity index (χ0v) is 88.6. The monoisotopic (exact) mass is 1890 g/mol. The maximum Gasteiger partial charge on any atom is 0.166 e. The SMILES string of the molecule is CC(C)(C)c1ccc(Sc2ccc([S+](c3ccc(C(C)(C)C)cc3)c3ccc(C(C)(C)C)cc3)cc2)cc1.CC(C)(C)c1ccc([S+](c2ccc(Sc3ccccc3)cc2)c2ccc(C(C)(C)C)cc2)cc1.CC(C)(C)c1ccc([S+](c2ccccc2)c2ccc(Sc3ccccc3)cc2)cc1.Cc1ccc(Sc2ccc([S+](c3ccccc3)c3ccc(C(C)(C)C)cc3)cc2)cc1. The molecule has 0 saturated heterocycles. The summed E-state index contributed by atoms with van der Waals surface area (Å²) < 4.78 is 0. The van der Waals surface area contributed by atoms with Crippen LogP contribution in [0.3, 0.4) is 0 Å². The first-order chi connectivity index (χ1) is 63.2. The molecule has 0 aliphatic heterocycles. The average molecular weight is 1890 g/mol. The fourth-order valence-electron chi connectivity index (χ4n) is 15.0. The first-order valence-corrected chi connectivity index (χ1v) is 54.5. The van der Waals surface area contributed by atoms with Gasteiger partial charge in [0.2, 0.25) is 0 Å². The Morgan fingerprint density at radius 3 is 0.398 bits per heavy atom. The van der Waals surface area contributed by atoms with Crippen molar-refractivity contribution in [1.29, 1.82) is 0 Å². The van der Waals surface area contributed by atoms with E-state index in [-0.39, 0.29) is 81.5 Å². The van der Waals surface area contributed by atoms with Crippen LogP contribution in [0.4, 0.5) is 0 Å². The summed E-state index contributed by atoms with van der Waals surface area (Å²) in [5, 5.41) is 0. The Morgan fingerprint density at radius 2 is 0.241 bits per heavy atom. The van der Waals surface area contributed by atoms with Crippen molar-refractivity contribution in [3.8, 4) is 0 Å². The molecule has 0 N–H and O–H groups in total. The Morgan fingerprint density at radius 1 is 0.128 bits per heavy atom. The summed E-state index contributed by atoms with van der Waals surface area (Å²) >= 11 is 7.27. The minimum Gasteiger partial charge on any atom is -0.0901 e. The first-order valence-electron chi connectivity index (χ1n) is 46.3. The molecule has 16 rings (SSSR count). The Balaban J connectivity index is 0.000000151. The zero-order chi connectivity index (χ0) is 94.9. The predicted octanol–water partition coefficient (Wildman–Crippen LogP) is 37.1. The normalized spacial score (nSPS) is 12.5. The number of benzene rings is 16. The van der Waals surface area contributed by atoms with Crippen LogP contribution in [0.25, 0.3) is 0 Å². The Labute approximate surface area is 828 Å². The van der Waals surface area contributed by atoms with Gasteiger partial charge in [-0.3, -0.25) is 0 Å². The summed E-state index contributed by atoms with van der Waals surface area (Å²) in [6.45, 7) is 49.8. The highest BCUT2D eigenvalue weighted by atomic mass is 32.2. The van der Waals surface area contributed by atoms with Gasteiger partial charge in [0.15, 0.2) is 58.7 Å². The standard InChI is InChI=1S/C36H43S2.C32H35S2.C29H29S2.C28H27S2/c1-34(2,3)26-10-16-29(17-11-26)37-30-18-24-33(25-19-30)38(31-20-12-27(13-21-31)35(4,5)6)32-22-14-28(15-23-32)36(7,8)9;1-31(2,3)24-12-18-28(19-13-24)34(29-20-14-25(15-21-29)32(4,5)6)30-22-16-27(17-23-30)33-26-10-8-7-9-11-26;1-22-10-14-24(15-11-22)30-25-16-20-28(21-17-25)31(26-8-6-5-7-9-26)27-18-12-23(13-19-27)29(2,3)4;1-28(2,3)22-14-18-26(19-15-22)30(25-12-8-5-9-13-25)27-20-16-24(17-21-27)29-23-10-6-4-7-11-23/h10-25H,1-9H3;7-23H,1-6H3;5-21H,1-4H3;4-21H,1-3H3/q4*+1. The Bertz CT molecular complexity index is 6140. The van der Waals surface area contributed by atoms with E-state index in [1.165, 1.54) is 142 Å².